The van der Waals surface area contributed by atoms with Gasteiger partial charge >= 0.3 is 0 Å². The third kappa shape index (κ3) is 3.54. The third-order valence-corrected chi connectivity index (χ3v) is 3.50. The molecule has 2 aromatic heterocycles. The zero-order valence-electron chi connectivity index (χ0n) is 12.9. The minimum absolute atomic E-state index is 0.264. The molecular weight excluding hydrogens is 300 g/mol. The Hall–Kier alpha value is -2.14. The summed E-state index contributed by atoms with van der Waals surface area (Å²) in [5.41, 5.74) is 2.80. The number of hydrogen-bond donors (Lipinski definition) is 2. The number of aromatic nitrogens is 2. The Morgan fingerprint density at radius 1 is 1.36 bits per heavy atom. The number of carbonyl (C=O) groups is 1. The number of amides is 1. The summed E-state index contributed by atoms with van der Waals surface area (Å²) in [6, 6.07) is 5.37. The quantitative estimate of drug-likeness (QED) is 0.825. The maximum absolute atomic E-state index is 12.5. The molecule has 2 aromatic rings. The predicted octanol–water partition coefficient (Wildman–Crippen LogP) is 3.68. The Labute approximate surface area is 135 Å². The van der Waals surface area contributed by atoms with Crippen molar-refractivity contribution in [2.24, 2.45) is 0 Å². The lowest BCUT2D eigenvalue weighted by atomic mass is 10.1. The SMILES string of the molecule is CCNc1ncccc1C(=O)Nc1c(C)cc(CC)nc1Cl. The van der Waals surface area contributed by atoms with E-state index in [1.54, 1.807) is 18.3 Å². The molecule has 0 atom stereocenters. The van der Waals surface area contributed by atoms with Crippen LogP contribution in [0.5, 0.6) is 0 Å². The largest absolute Gasteiger partial charge is 0.370 e. The zero-order chi connectivity index (χ0) is 16.1. The molecule has 0 aliphatic heterocycles. The van der Waals surface area contributed by atoms with Crippen molar-refractivity contribution in [3.05, 3.63) is 46.4 Å². The van der Waals surface area contributed by atoms with Crippen LogP contribution in [0.15, 0.2) is 24.4 Å². The first-order valence-corrected chi connectivity index (χ1v) is 7.60. The van der Waals surface area contributed by atoms with Crippen LogP contribution < -0.4 is 10.6 Å². The standard InChI is InChI=1S/C16H19ClN4O/c1-4-11-9-10(3)13(14(17)20-11)21-16(22)12-7-6-8-19-15(12)18-5-2/h6-9H,4-5H2,1-3H3,(H,18,19)(H,21,22). The van der Waals surface area contributed by atoms with E-state index in [0.717, 1.165) is 17.7 Å². The highest BCUT2D eigenvalue weighted by molar-refractivity contribution is 6.33. The van der Waals surface area contributed by atoms with Crippen molar-refractivity contribution in [2.75, 3.05) is 17.2 Å². The zero-order valence-corrected chi connectivity index (χ0v) is 13.7. The minimum Gasteiger partial charge on any atom is -0.370 e. The molecule has 0 saturated heterocycles. The highest BCUT2D eigenvalue weighted by atomic mass is 35.5. The molecule has 22 heavy (non-hydrogen) atoms. The van der Waals surface area contributed by atoms with Gasteiger partial charge in [0.25, 0.3) is 5.91 Å². The molecule has 0 saturated carbocycles. The van der Waals surface area contributed by atoms with Gasteiger partial charge in [0.2, 0.25) is 0 Å². The van der Waals surface area contributed by atoms with Gasteiger partial charge in [-0.1, -0.05) is 18.5 Å². The van der Waals surface area contributed by atoms with Crippen LogP contribution >= 0.6 is 11.6 Å². The molecule has 0 spiro atoms. The number of nitrogens with one attached hydrogen (secondary N) is 2. The Morgan fingerprint density at radius 3 is 2.77 bits per heavy atom. The Morgan fingerprint density at radius 2 is 2.14 bits per heavy atom. The minimum atomic E-state index is -0.264. The highest BCUT2D eigenvalue weighted by Gasteiger charge is 2.16. The molecule has 2 rings (SSSR count). The molecule has 0 radical (unpaired) electrons. The van der Waals surface area contributed by atoms with Crippen LogP contribution in [0, 0.1) is 6.92 Å². The van der Waals surface area contributed by atoms with Crippen LogP contribution in [0.2, 0.25) is 5.15 Å². The van der Waals surface area contributed by atoms with E-state index in [-0.39, 0.29) is 5.91 Å². The molecular formula is C16H19ClN4O. The van der Waals surface area contributed by atoms with Gasteiger partial charge in [-0.3, -0.25) is 4.79 Å². The molecule has 0 fully saturated rings. The highest BCUT2D eigenvalue weighted by Crippen LogP contribution is 2.26. The van der Waals surface area contributed by atoms with Crippen molar-refractivity contribution in [1.29, 1.82) is 0 Å². The van der Waals surface area contributed by atoms with Crippen LogP contribution in [0.3, 0.4) is 0 Å². The maximum Gasteiger partial charge on any atom is 0.259 e. The van der Waals surface area contributed by atoms with Crippen molar-refractivity contribution >= 4 is 29.0 Å². The summed E-state index contributed by atoms with van der Waals surface area (Å²) in [7, 11) is 0. The Balaban J connectivity index is 2.30. The van der Waals surface area contributed by atoms with Gasteiger partial charge in [-0.05, 0) is 44.0 Å². The van der Waals surface area contributed by atoms with Gasteiger partial charge in [-0.25, -0.2) is 9.97 Å². The molecule has 2 heterocycles. The normalized spacial score (nSPS) is 10.4. The molecule has 0 aromatic carbocycles. The van der Waals surface area contributed by atoms with Crippen LogP contribution in [0.1, 0.15) is 35.5 Å². The fourth-order valence-corrected chi connectivity index (χ4v) is 2.41. The van der Waals surface area contributed by atoms with Gasteiger partial charge in [0, 0.05) is 18.4 Å². The molecule has 116 valence electrons. The Bertz CT molecular complexity index is 665. The van der Waals surface area contributed by atoms with Gasteiger partial charge in [0.05, 0.1) is 11.3 Å². The van der Waals surface area contributed by atoms with E-state index < -0.39 is 0 Å². The van der Waals surface area contributed by atoms with Gasteiger partial charge in [0.15, 0.2) is 5.15 Å². The molecule has 0 aliphatic carbocycles. The number of aryl methyl sites for hydroxylation is 2. The summed E-state index contributed by atoms with van der Waals surface area (Å²) >= 11 is 6.19. The number of rotatable bonds is 5. The van der Waals surface area contributed by atoms with E-state index >= 15 is 0 Å². The van der Waals surface area contributed by atoms with Crippen molar-refractivity contribution in [1.82, 2.24) is 9.97 Å². The van der Waals surface area contributed by atoms with Crippen molar-refractivity contribution < 1.29 is 4.79 Å². The summed E-state index contributed by atoms with van der Waals surface area (Å²) in [6.45, 7) is 6.54. The monoisotopic (exact) mass is 318 g/mol. The number of nitrogens with zero attached hydrogens (tertiary/aromatic N) is 2. The first kappa shape index (κ1) is 16.2. The molecule has 0 unspecified atom stereocenters. The lowest BCUT2D eigenvalue weighted by molar-refractivity contribution is 0.102. The van der Waals surface area contributed by atoms with Crippen LogP contribution in [0.25, 0.3) is 0 Å². The number of halogens is 1. The molecule has 0 bridgehead atoms. The van der Waals surface area contributed by atoms with E-state index in [1.165, 1.54) is 0 Å². The lowest BCUT2D eigenvalue weighted by Gasteiger charge is -2.13. The number of pyridine rings is 2. The summed E-state index contributed by atoms with van der Waals surface area (Å²) in [6.07, 6.45) is 2.44. The van der Waals surface area contributed by atoms with Gasteiger partial charge in [0.1, 0.15) is 5.82 Å². The molecule has 2 N–H and O–H groups in total. The van der Waals surface area contributed by atoms with Crippen molar-refractivity contribution in [3.8, 4) is 0 Å². The number of anilines is 2. The summed E-state index contributed by atoms with van der Waals surface area (Å²) < 4.78 is 0. The lowest BCUT2D eigenvalue weighted by Crippen LogP contribution is -2.17. The first-order chi connectivity index (χ1) is 10.6. The molecule has 6 heteroatoms. The van der Waals surface area contributed by atoms with Crippen LogP contribution in [0.4, 0.5) is 11.5 Å². The maximum atomic E-state index is 12.5. The number of hydrogen-bond acceptors (Lipinski definition) is 4. The fourth-order valence-electron chi connectivity index (χ4n) is 2.11. The van der Waals surface area contributed by atoms with Crippen LogP contribution in [-0.2, 0) is 6.42 Å². The summed E-state index contributed by atoms with van der Waals surface area (Å²) in [4.78, 5) is 21.0. The van der Waals surface area contributed by atoms with Gasteiger partial charge < -0.3 is 10.6 Å². The second-order valence-corrected chi connectivity index (χ2v) is 5.19. The average molecular weight is 319 g/mol. The number of carbonyl (C=O) groups excluding carboxylic acids is 1. The predicted molar refractivity (Wildman–Crippen MR) is 89.7 cm³/mol. The van der Waals surface area contributed by atoms with E-state index in [0.29, 0.717) is 28.8 Å². The fraction of sp³-hybridized carbons (Fsp3) is 0.312. The van der Waals surface area contributed by atoms with E-state index in [9.17, 15) is 4.79 Å². The van der Waals surface area contributed by atoms with Gasteiger partial charge in [-0.2, -0.15) is 0 Å². The van der Waals surface area contributed by atoms with Crippen molar-refractivity contribution in [3.63, 3.8) is 0 Å². The second kappa shape index (κ2) is 7.22. The Kier molecular flexibility index (Phi) is 5.33. The van der Waals surface area contributed by atoms with Gasteiger partial charge in [-0.15, -0.1) is 0 Å². The second-order valence-electron chi connectivity index (χ2n) is 4.83. The summed E-state index contributed by atoms with van der Waals surface area (Å²) in [5.74, 6) is 0.287. The van der Waals surface area contributed by atoms with E-state index in [4.69, 9.17) is 11.6 Å². The van der Waals surface area contributed by atoms with Crippen LogP contribution in [-0.4, -0.2) is 22.4 Å². The molecule has 5 nitrogen and oxygen atoms in total. The van der Waals surface area contributed by atoms with Crippen molar-refractivity contribution in [2.45, 2.75) is 27.2 Å². The first-order valence-electron chi connectivity index (χ1n) is 7.23. The summed E-state index contributed by atoms with van der Waals surface area (Å²) in [5, 5.41) is 6.21. The third-order valence-electron chi connectivity index (χ3n) is 3.22. The molecule has 1 amide bonds. The smallest absolute Gasteiger partial charge is 0.259 e. The topological polar surface area (TPSA) is 66.9 Å². The average Bonchev–Trinajstić information content (AvgIpc) is 2.51. The van der Waals surface area contributed by atoms with E-state index in [2.05, 4.69) is 20.6 Å². The molecule has 0 aliphatic rings. The van der Waals surface area contributed by atoms with E-state index in [1.807, 2.05) is 26.8 Å².